The van der Waals surface area contributed by atoms with Gasteiger partial charge < -0.3 is 15.2 Å². The number of hydrogen-bond donors (Lipinski definition) is 1. The van der Waals surface area contributed by atoms with Gasteiger partial charge >= 0.3 is 5.97 Å². The van der Waals surface area contributed by atoms with Gasteiger partial charge in [0, 0.05) is 13.0 Å². The van der Waals surface area contributed by atoms with Crippen molar-refractivity contribution in [1.29, 1.82) is 0 Å². The van der Waals surface area contributed by atoms with E-state index in [9.17, 15) is 4.79 Å². The zero-order chi connectivity index (χ0) is 13.3. The fourth-order valence-electron chi connectivity index (χ4n) is 1.89. The summed E-state index contributed by atoms with van der Waals surface area (Å²) < 4.78 is 11.0. The molecule has 2 rings (SSSR count). The summed E-state index contributed by atoms with van der Waals surface area (Å²) in [5.41, 5.74) is 6.70. The zero-order valence-electron chi connectivity index (χ0n) is 11.0. The summed E-state index contributed by atoms with van der Waals surface area (Å²) in [6, 6.07) is 5.42. The van der Waals surface area contributed by atoms with Gasteiger partial charge in [0.1, 0.15) is 17.5 Å². The molecule has 0 bridgehead atoms. The monoisotopic (exact) mass is 249 g/mol. The lowest BCUT2D eigenvalue weighted by Gasteiger charge is -2.19. The number of fused-ring (bicyclic) bond motifs is 1. The second-order valence-electron chi connectivity index (χ2n) is 5.50. The molecule has 4 heteroatoms. The highest BCUT2D eigenvalue weighted by Crippen LogP contribution is 2.30. The molecule has 18 heavy (non-hydrogen) atoms. The van der Waals surface area contributed by atoms with Crippen molar-refractivity contribution in [3.63, 3.8) is 0 Å². The average Bonchev–Trinajstić information content (AvgIpc) is 2.68. The van der Waals surface area contributed by atoms with Crippen LogP contribution in [0, 0.1) is 0 Å². The highest BCUT2D eigenvalue weighted by Gasteiger charge is 2.24. The first-order valence-electron chi connectivity index (χ1n) is 6.12. The summed E-state index contributed by atoms with van der Waals surface area (Å²) in [7, 11) is 0. The van der Waals surface area contributed by atoms with Crippen molar-refractivity contribution in [2.24, 2.45) is 5.73 Å². The molecule has 2 N–H and O–H groups in total. The molecule has 0 fully saturated rings. The zero-order valence-corrected chi connectivity index (χ0v) is 11.0. The molecule has 1 unspecified atom stereocenters. The summed E-state index contributed by atoms with van der Waals surface area (Å²) in [4.78, 5) is 11.9. The quantitative estimate of drug-likeness (QED) is 0.813. The van der Waals surface area contributed by atoms with Gasteiger partial charge in [-0.1, -0.05) is 6.07 Å². The van der Waals surface area contributed by atoms with Gasteiger partial charge in [-0.15, -0.1) is 0 Å². The van der Waals surface area contributed by atoms with Crippen LogP contribution in [0.1, 0.15) is 36.7 Å². The van der Waals surface area contributed by atoms with Crippen LogP contribution >= 0.6 is 0 Å². The van der Waals surface area contributed by atoms with Crippen LogP contribution in [0.2, 0.25) is 0 Å². The average molecular weight is 249 g/mol. The van der Waals surface area contributed by atoms with Crippen molar-refractivity contribution in [3.05, 3.63) is 29.3 Å². The summed E-state index contributed by atoms with van der Waals surface area (Å²) in [6.07, 6.45) is 0.828. The summed E-state index contributed by atoms with van der Waals surface area (Å²) in [5, 5.41) is 0. The van der Waals surface area contributed by atoms with E-state index in [1.165, 1.54) is 0 Å². The summed E-state index contributed by atoms with van der Waals surface area (Å²) in [6.45, 7) is 6.02. The van der Waals surface area contributed by atoms with Crippen molar-refractivity contribution >= 4 is 5.97 Å². The first-order chi connectivity index (χ1) is 8.39. The molecule has 0 aliphatic carbocycles. The van der Waals surface area contributed by atoms with E-state index in [1.807, 2.05) is 26.8 Å². The van der Waals surface area contributed by atoms with Gasteiger partial charge in [-0.05, 0) is 38.5 Å². The minimum atomic E-state index is -0.489. The van der Waals surface area contributed by atoms with Crippen LogP contribution in [0.3, 0.4) is 0 Å². The molecule has 1 atom stereocenters. The first kappa shape index (κ1) is 12.9. The number of nitrogens with two attached hydrogens (primary N) is 1. The Hall–Kier alpha value is -1.55. The van der Waals surface area contributed by atoms with Gasteiger partial charge in [0.25, 0.3) is 0 Å². The van der Waals surface area contributed by atoms with Crippen LogP contribution < -0.4 is 10.5 Å². The molecule has 0 amide bonds. The Morgan fingerprint density at radius 1 is 1.50 bits per heavy atom. The maximum absolute atomic E-state index is 11.9. The molecular formula is C14H19NO3. The molecule has 0 spiro atoms. The molecule has 0 saturated carbocycles. The second kappa shape index (κ2) is 4.61. The smallest absolute Gasteiger partial charge is 0.338 e. The SMILES string of the molecule is CC(C)(C)OC(=O)c1ccc2c(c1)OC(CN)C2. The molecule has 0 saturated heterocycles. The summed E-state index contributed by atoms with van der Waals surface area (Å²) in [5.74, 6) is 0.416. The van der Waals surface area contributed by atoms with Crippen molar-refractivity contribution in [2.75, 3.05) is 6.54 Å². The Morgan fingerprint density at radius 2 is 2.22 bits per heavy atom. The van der Waals surface area contributed by atoms with Gasteiger partial charge in [-0.25, -0.2) is 4.79 Å². The number of ether oxygens (including phenoxy) is 2. The lowest BCUT2D eigenvalue weighted by molar-refractivity contribution is 0.00691. The number of benzene rings is 1. The van der Waals surface area contributed by atoms with E-state index >= 15 is 0 Å². The Morgan fingerprint density at radius 3 is 2.83 bits per heavy atom. The topological polar surface area (TPSA) is 61.5 Å². The van der Waals surface area contributed by atoms with Crippen LogP contribution in [-0.2, 0) is 11.2 Å². The van der Waals surface area contributed by atoms with Crippen LogP contribution in [0.4, 0.5) is 0 Å². The van der Waals surface area contributed by atoms with Crippen LogP contribution in [0.5, 0.6) is 5.75 Å². The highest BCUT2D eigenvalue weighted by atomic mass is 16.6. The van der Waals surface area contributed by atoms with Crippen molar-refractivity contribution < 1.29 is 14.3 Å². The van der Waals surface area contributed by atoms with Crippen LogP contribution in [-0.4, -0.2) is 24.2 Å². The Kier molecular flexibility index (Phi) is 3.30. The normalized spacial score (nSPS) is 18.1. The minimum Gasteiger partial charge on any atom is -0.488 e. The van der Waals surface area contributed by atoms with Gasteiger partial charge in [0.2, 0.25) is 0 Å². The minimum absolute atomic E-state index is 0.0221. The third-order valence-corrected chi connectivity index (χ3v) is 2.71. The number of hydrogen-bond acceptors (Lipinski definition) is 4. The Bertz CT molecular complexity index is 463. The fraction of sp³-hybridized carbons (Fsp3) is 0.500. The largest absolute Gasteiger partial charge is 0.488 e. The van der Waals surface area contributed by atoms with Crippen molar-refractivity contribution in [2.45, 2.75) is 38.9 Å². The van der Waals surface area contributed by atoms with Gasteiger partial charge in [0.15, 0.2) is 0 Å². The lowest BCUT2D eigenvalue weighted by Crippen LogP contribution is -2.24. The number of rotatable bonds is 2. The second-order valence-corrected chi connectivity index (χ2v) is 5.50. The molecular weight excluding hydrogens is 230 g/mol. The molecule has 1 aromatic carbocycles. The maximum atomic E-state index is 11.9. The summed E-state index contributed by atoms with van der Waals surface area (Å²) >= 11 is 0. The molecule has 4 nitrogen and oxygen atoms in total. The third-order valence-electron chi connectivity index (χ3n) is 2.71. The van der Waals surface area contributed by atoms with Gasteiger partial charge in [0.05, 0.1) is 5.56 Å². The predicted octanol–water partition coefficient (Wildman–Crippen LogP) is 1.90. The molecule has 1 heterocycles. The van der Waals surface area contributed by atoms with E-state index in [0.29, 0.717) is 12.1 Å². The first-order valence-corrected chi connectivity index (χ1v) is 6.12. The van der Waals surface area contributed by atoms with Crippen molar-refractivity contribution in [1.82, 2.24) is 0 Å². The third kappa shape index (κ3) is 2.82. The fourth-order valence-corrected chi connectivity index (χ4v) is 1.89. The molecule has 1 aliphatic heterocycles. The predicted molar refractivity (Wildman–Crippen MR) is 68.8 cm³/mol. The molecule has 0 aromatic heterocycles. The highest BCUT2D eigenvalue weighted by molar-refractivity contribution is 5.90. The Labute approximate surface area is 107 Å². The van der Waals surface area contributed by atoms with E-state index in [0.717, 1.165) is 17.7 Å². The Balaban J connectivity index is 2.16. The van der Waals surface area contributed by atoms with Crippen LogP contribution in [0.15, 0.2) is 18.2 Å². The van der Waals surface area contributed by atoms with E-state index in [2.05, 4.69) is 0 Å². The van der Waals surface area contributed by atoms with E-state index in [4.69, 9.17) is 15.2 Å². The van der Waals surface area contributed by atoms with E-state index < -0.39 is 5.60 Å². The lowest BCUT2D eigenvalue weighted by atomic mass is 10.1. The van der Waals surface area contributed by atoms with Crippen molar-refractivity contribution in [3.8, 4) is 5.75 Å². The standard InChI is InChI=1S/C14H19NO3/c1-14(2,3)18-13(16)10-5-4-9-6-11(8-15)17-12(9)7-10/h4-5,7,11H,6,8,15H2,1-3H3. The number of esters is 1. The molecule has 1 aromatic rings. The van der Waals surface area contributed by atoms with Gasteiger partial charge in [-0.2, -0.15) is 0 Å². The van der Waals surface area contributed by atoms with E-state index in [1.54, 1.807) is 12.1 Å². The maximum Gasteiger partial charge on any atom is 0.338 e. The molecule has 1 aliphatic rings. The molecule has 98 valence electrons. The number of carbonyl (C=O) groups is 1. The van der Waals surface area contributed by atoms with Crippen LogP contribution in [0.25, 0.3) is 0 Å². The van der Waals surface area contributed by atoms with E-state index in [-0.39, 0.29) is 12.1 Å². The number of carbonyl (C=O) groups excluding carboxylic acids is 1. The van der Waals surface area contributed by atoms with Gasteiger partial charge in [-0.3, -0.25) is 0 Å². The molecule has 0 radical (unpaired) electrons.